The van der Waals surface area contributed by atoms with Crippen LogP contribution in [0.1, 0.15) is 12.8 Å². The molecular weight excluding hydrogens is 316 g/mol. The van der Waals surface area contributed by atoms with E-state index in [1.807, 2.05) is 0 Å². The molecule has 0 radical (unpaired) electrons. The zero-order valence-electron chi connectivity index (χ0n) is 12.7. The Morgan fingerprint density at radius 2 is 2.00 bits per heavy atom. The van der Waals surface area contributed by atoms with Crippen LogP contribution in [-0.2, 0) is 0 Å². The Labute approximate surface area is 136 Å². The largest absolute Gasteiger partial charge is 0.491 e. The zero-order valence-corrected chi connectivity index (χ0v) is 12.7. The van der Waals surface area contributed by atoms with Gasteiger partial charge in [-0.25, -0.2) is 23.7 Å². The van der Waals surface area contributed by atoms with Crippen LogP contribution in [0.5, 0.6) is 5.75 Å². The van der Waals surface area contributed by atoms with Crippen LogP contribution in [0.15, 0.2) is 30.9 Å². The number of benzene rings is 1. The third-order valence-corrected chi connectivity index (χ3v) is 4.13. The van der Waals surface area contributed by atoms with Gasteiger partial charge in [-0.1, -0.05) is 0 Å². The number of ether oxygens (including phenoxy) is 1. The Balaban J connectivity index is 1.54. The number of aromatic amines is 1. The highest BCUT2D eigenvalue weighted by Gasteiger charge is 2.28. The summed E-state index contributed by atoms with van der Waals surface area (Å²) in [7, 11) is 0. The predicted octanol–water partition coefficient (Wildman–Crippen LogP) is 2.68. The molecule has 1 fully saturated rings. The number of imidazole rings is 1. The van der Waals surface area contributed by atoms with Crippen LogP contribution in [-0.4, -0.2) is 39.1 Å². The maximum absolute atomic E-state index is 13.3. The first-order valence-electron chi connectivity index (χ1n) is 7.70. The lowest BCUT2D eigenvalue weighted by Crippen LogP contribution is -2.35. The molecule has 1 atom stereocenters. The summed E-state index contributed by atoms with van der Waals surface area (Å²) >= 11 is 0. The van der Waals surface area contributed by atoms with E-state index in [0.29, 0.717) is 17.8 Å². The van der Waals surface area contributed by atoms with Crippen LogP contribution in [0.4, 0.5) is 14.6 Å². The molecule has 8 heteroatoms. The lowest BCUT2D eigenvalue weighted by molar-refractivity contribution is 0.285. The Morgan fingerprint density at radius 1 is 1.17 bits per heavy atom. The molecule has 0 spiro atoms. The fourth-order valence-electron chi connectivity index (χ4n) is 3.05. The normalized spacial score (nSPS) is 17.6. The van der Waals surface area contributed by atoms with Crippen molar-refractivity contribution in [1.29, 1.82) is 0 Å². The summed E-state index contributed by atoms with van der Waals surface area (Å²) in [6.45, 7) is 1.14. The summed E-state index contributed by atoms with van der Waals surface area (Å²) in [6, 6.07) is 3.24. The van der Waals surface area contributed by atoms with Crippen molar-refractivity contribution in [2.75, 3.05) is 18.1 Å². The molecule has 1 aromatic carbocycles. The summed E-state index contributed by atoms with van der Waals surface area (Å²) in [5, 5.41) is 0. The second-order valence-corrected chi connectivity index (χ2v) is 5.70. The lowest BCUT2D eigenvalue weighted by atomic mass is 10.2. The highest BCUT2D eigenvalue weighted by Crippen LogP contribution is 2.28. The van der Waals surface area contributed by atoms with Crippen LogP contribution in [0.25, 0.3) is 11.2 Å². The van der Waals surface area contributed by atoms with Crippen LogP contribution in [0, 0.1) is 11.6 Å². The highest BCUT2D eigenvalue weighted by molar-refractivity contribution is 5.82. The van der Waals surface area contributed by atoms with Crippen molar-refractivity contribution in [3.63, 3.8) is 0 Å². The quantitative estimate of drug-likeness (QED) is 0.796. The maximum Gasteiger partial charge on any atom is 0.162 e. The fraction of sp³-hybridized carbons (Fsp3) is 0.312. The van der Waals surface area contributed by atoms with E-state index < -0.39 is 11.6 Å². The van der Waals surface area contributed by atoms with Gasteiger partial charge in [-0.3, -0.25) is 0 Å². The topological polar surface area (TPSA) is 66.9 Å². The molecule has 1 aliphatic heterocycles. The van der Waals surface area contributed by atoms with Gasteiger partial charge in [-0.2, -0.15) is 0 Å². The number of rotatable bonds is 4. The van der Waals surface area contributed by atoms with Gasteiger partial charge in [-0.15, -0.1) is 0 Å². The Hall–Kier alpha value is -2.77. The molecule has 1 aliphatic rings. The van der Waals surface area contributed by atoms with Crippen molar-refractivity contribution in [2.24, 2.45) is 0 Å². The SMILES string of the molecule is Fc1cc(F)cc(OC[C@H]2CCCN2c2ncnc3[nH]cnc23)c1. The molecule has 4 rings (SSSR count). The first-order chi connectivity index (χ1) is 11.7. The Kier molecular flexibility index (Phi) is 3.72. The second kappa shape index (κ2) is 6.03. The van der Waals surface area contributed by atoms with Gasteiger partial charge in [0.05, 0.1) is 12.4 Å². The van der Waals surface area contributed by atoms with Crippen molar-refractivity contribution in [1.82, 2.24) is 19.9 Å². The smallest absolute Gasteiger partial charge is 0.162 e. The number of aromatic nitrogens is 4. The molecule has 6 nitrogen and oxygen atoms in total. The number of nitrogens with zero attached hydrogens (tertiary/aromatic N) is 4. The molecule has 0 aliphatic carbocycles. The van der Waals surface area contributed by atoms with Crippen LogP contribution >= 0.6 is 0 Å². The van der Waals surface area contributed by atoms with E-state index in [1.54, 1.807) is 6.33 Å². The van der Waals surface area contributed by atoms with Crippen molar-refractivity contribution < 1.29 is 13.5 Å². The van der Waals surface area contributed by atoms with E-state index in [-0.39, 0.29) is 11.8 Å². The van der Waals surface area contributed by atoms with E-state index in [2.05, 4.69) is 24.8 Å². The third-order valence-electron chi connectivity index (χ3n) is 4.13. The van der Waals surface area contributed by atoms with Crippen LogP contribution < -0.4 is 9.64 Å². The van der Waals surface area contributed by atoms with Crippen molar-refractivity contribution in [3.05, 3.63) is 42.5 Å². The molecule has 0 amide bonds. The molecular formula is C16H15F2N5O. The number of H-pyrrole nitrogens is 1. The maximum atomic E-state index is 13.3. The van der Waals surface area contributed by atoms with Gasteiger partial charge < -0.3 is 14.6 Å². The summed E-state index contributed by atoms with van der Waals surface area (Å²) in [6.07, 6.45) is 4.98. The molecule has 0 bridgehead atoms. The minimum absolute atomic E-state index is 0.0612. The van der Waals surface area contributed by atoms with Gasteiger partial charge in [0.2, 0.25) is 0 Å². The van der Waals surface area contributed by atoms with E-state index in [4.69, 9.17) is 4.74 Å². The summed E-state index contributed by atoms with van der Waals surface area (Å²) in [5.41, 5.74) is 1.39. The second-order valence-electron chi connectivity index (χ2n) is 5.70. The van der Waals surface area contributed by atoms with E-state index in [1.165, 1.54) is 18.5 Å². The molecule has 3 aromatic rings. The molecule has 3 heterocycles. The monoisotopic (exact) mass is 331 g/mol. The van der Waals surface area contributed by atoms with E-state index in [0.717, 1.165) is 31.3 Å². The van der Waals surface area contributed by atoms with E-state index >= 15 is 0 Å². The van der Waals surface area contributed by atoms with Gasteiger partial charge in [-0.05, 0) is 12.8 Å². The molecule has 1 N–H and O–H groups in total. The highest BCUT2D eigenvalue weighted by atomic mass is 19.1. The minimum Gasteiger partial charge on any atom is -0.491 e. The molecule has 0 unspecified atom stereocenters. The average molecular weight is 331 g/mol. The van der Waals surface area contributed by atoms with Gasteiger partial charge in [0.1, 0.15) is 35.8 Å². The Morgan fingerprint density at radius 3 is 2.83 bits per heavy atom. The predicted molar refractivity (Wildman–Crippen MR) is 83.9 cm³/mol. The summed E-state index contributed by atoms with van der Waals surface area (Å²) in [5.74, 6) is -0.366. The summed E-state index contributed by atoms with van der Waals surface area (Å²) < 4.78 is 32.1. The number of hydrogen-bond acceptors (Lipinski definition) is 5. The first kappa shape index (κ1) is 14.8. The lowest BCUT2D eigenvalue weighted by Gasteiger charge is -2.25. The van der Waals surface area contributed by atoms with Crippen LogP contribution in [0.3, 0.4) is 0 Å². The molecule has 0 saturated carbocycles. The van der Waals surface area contributed by atoms with Crippen molar-refractivity contribution >= 4 is 17.0 Å². The number of nitrogens with one attached hydrogen (secondary N) is 1. The van der Waals surface area contributed by atoms with E-state index in [9.17, 15) is 8.78 Å². The van der Waals surface area contributed by atoms with Gasteiger partial charge in [0.15, 0.2) is 11.5 Å². The number of anilines is 1. The van der Waals surface area contributed by atoms with Crippen molar-refractivity contribution in [3.8, 4) is 5.75 Å². The molecule has 124 valence electrons. The molecule has 1 saturated heterocycles. The molecule has 2 aromatic heterocycles. The average Bonchev–Trinajstić information content (AvgIpc) is 3.20. The Bertz CT molecular complexity index is 848. The van der Waals surface area contributed by atoms with Crippen LogP contribution in [0.2, 0.25) is 0 Å². The number of hydrogen-bond donors (Lipinski definition) is 1. The third kappa shape index (κ3) is 2.75. The number of fused-ring (bicyclic) bond motifs is 1. The standard InChI is InChI=1S/C16H15F2N5O/c17-10-4-11(18)6-13(5-10)24-7-12-2-1-3-23(12)16-14-15(20-8-19-14)21-9-22-16/h4-6,8-9,12H,1-3,7H2,(H,19,20,21,22)/t12-/m1/s1. The zero-order chi connectivity index (χ0) is 16.5. The van der Waals surface area contributed by atoms with Gasteiger partial charge in [0, 0.05) is 24.7 Å². The van der Waals surface area contributed by atoms with Gasteiger partial charge in [0.25, 0.3) is 0 Å². The fourth-order valence-corrected chi connectivity index (χ4v) is 3.05. The summed E-state index contributed by atoms with van der Waals surface area (Å²) in [4.78, 5) is 17.8. The van der Waals surface area contributed by atoms with Gasteiger partial charge >= 0.3 is 0 Å². The first-order valence-corrected chi connectivity index (χ1v) is 7.70. The van der Waals surface area contributed by atoms with Crippen molar-refractivity contribution in [2.45, 2.75) is 18.9 Å². The minimum atomic E-state index is -0.651. The molecule has 24 heavy (non-hydrogen) atoms. The number of halogens is 2.